The Bertz CT molecular complexity index is 621. The van der Waals surface area contributed by atoms with Gasteiger partial charge in [0, 0.05) is 51.4 Å². The van der Waals surface area contributed by atoms with E-state index in [2.05, 4.69) is 38.4 Å². The normalized spacial score (nSPS) is 18.8. The van der Waals surface area contributed by atoms with Gasteiger partial charge in [-0.25, -0.2) is 4.98 Å². The molecule has 1 aromatic rings. The smallest absolute Gasteiger partial charge is 0.222 e. The Balaban J connectivity index is 1.45. The molecule has 1 amide bonds. The largest absolute Gasteiger partial charge is 0.357 e. The number of aromatic nitrogens is 1. The highest BCUT2D eigenvalue weighted by atomic mass is 16.1. The predicted octanol–water partition coefficient (Wildman–Crippen LogP) is 2.01. The lowest BCUT2D eigenvalue weighted by molar-refractivity contribution is -0.121. The number of rotatable bonds is 6. The van der Waals surface area contributed by atoms with E-state index in [1.807, 2.05) is 18.3 Å². The van der Waals surface area contributed by atoms with Crippen LogP contribution in [-0.4, -0.2) is 67.1 Å². The number of carbonyl (C=O) groups excluding carboxylic acids is 1. The van der Waals surface area contributed by atoms with Gasteiger partial charge in [0.25, 0.3) is 0 Å². The third-order valence-corrected chi connectivity index (χ3v) is 5.46. The third-order valence-electron chi connectivity index (χ3n) is 5.46. The molecule has 1 saturated heterocycles. The van der Waals surface area contributed by atoms with Crippen LogP contribution in [0.4, 0.5) is 5.82 Å². The summed E-state index contributed by atoms with van der Waals surface area (Å²) in [5, 5.41) is 6.54. The van der Waals surface area contributed by atoms with Crippen LogP contribution in [0.2, 0.25) is 0 Å². The van der Waals surface area contributed by atoms with Gasteiger partial charge in [-0.3, -0.25) is 9.79 Å². The number of hydrogen-bond donors (Lipinski definition) is 2. The summed E-state index contributed by atoms with van der Waals surface area (Å²) in [4.78, 5) is 25.9. The zero-order chi connectivity index (χ0) is 19.6. The van der Waals surface area contributed by atoms with Crippen molar-refractivity contribution in [1.29, 1.82) is 0 Å². The van der Waals surface area contributed by atoms with Crippen molar-refractivity contribution in [1.82, 2.24) is 20.5 Å². The van der Waals surface area contributed by atoms with Crippen LogP contribution >= 0.6 is 0 Å². The molecule has 0 aromatic carbocycles. The molecule has 0 bridgehead atoms. The zero-order valence-corrected chi connectivity index (χ0v) is 17.1. The van der Waals surface area contributed by atoms with E-state index in [-0.39, 0.29) is 5.91 Å². The van der Waals surface area contributed by atoms with E-state index in [0.29, 0.717) is 19.0 Å². The second-order valence-corrected chi connectivity index (χ2v) is 7.55. The number of nitrogens with zero attached hydrogens (tertiary/aromatic N) is 4. The number of guanidine groups is 1. The van der Waals surface area contributed by atoms with Crippen LogP contribution in [0.15, 0.2) is 29.4 Å². The molecule has 0 unspecified atom stereocenters. The molecule has 7 nitrogen and oxygen atoms in total. The second kappa shape index (κ2) is 10.9. The van der Waals surface area contributed by atoms with Crippen molar-refractivity contribution in [3.05, 3.63) is 24.4 Å². The fourth-order valence-corrected chi connectivity index (χ4v) is 3.92. The molecule has 7 heteroatoms. The number of aliphatic imine (C=N–C) groups is 1. The predicted molar refractivity (Wildman–Crippen MR) is 114 cm³/mol. The van der Waals surface area contributed by atoms with Crippen molar-refractivity contribution in [3.63, 3.8) is 0 Å². The molecule has 2 aliphatic rings. The Kier molecular flexibility index (Phi) is 7.94. The number of piperazine rings is 1. The van der Waals surface area contributed by atoms with E-state index in [0.717, 1.165) is 57.3 Å². The average Bonchev–Trinajstić information content (AvgIpc) is 2.75. The van der Waals surface area contributed by atoms with Gasteiger partial charge in [-0.2, -0.15) is 0 Å². The molecule has 0 atom stereocenters. The molecule has 2 N–H and O–H groups in total. The van der Waals surface area contributed by atoms with Crippen LogP contribution in [0.3, 0.4) is 0 Å². The fourth-order valence-electron chi connectivity index (χ4n) is 3.92. The summed E-state index contributed by atoms with van der Waals surface area (Å²) >= 11 is 0. The molecule has 1 aliphatic heterocycles. The molecule has 3 rings (SSSR count). The first-order chi connectivity index (χ1) is 13.8. The minimum absolute atomic E-state index is 0.131. The molecule has 1 saturated carbocycles. The zero-order valence-electron chi connectivity index (χ0n) is 17.1. The fraction of sp³-hybridized carbons (Fsp3) is 0.667. The Morgan fingerprint density at radius 3 is 2.64 bits per heavy atom. The van der Waals surface area contributed by atoms with E-state index < -0.39 is 0 Å². The monoisotopic (exact) mass is 386 g/mol. The van der Waals surface area contributed by atoms with Gasteiger partial charge >= 0.3 is 0 Å². The average molecular weight is 387 g/mol. The summed E-state index contributed by atoms with van der Waals surface area (Å²) in [6.07, 6.45) is 8.31. The first-order valence-electron chi connectivity index (χ1n) is 10.7. The van der Waals surface area contributed by atoms with Gasteiger partial charge in [0.05, 0.1) is 6.54 Å². The van der Waals surface area contributed by atoms with Crippen molar-refractivity contribution in [2.45, 2.75) is 51.5 Å². The van der Waals surface area contributed by atoms with Crippen LogP contribution in [0.1, 0.15) is 45.4 Å². The van der Waals surface area contributed by atoms with Gasteiger partial charge in [-0.1, -0.05) is 25.3 Å². The van der Waals surface area contributed by atoms with Crippen LogP contribution < -0.4 is 15.5 Å². The van der Waals surface area contributed by atoms with Gasteiger partial charge in [-0.05, 0) is 31.9 Å². The highest BCUT2D eigenvalue weighted by molar-refractivity contribution is 5.81. The lowest BCUT2D eigenvalue weighted by atomic mass is 9.95. The summed E-state index contributed by atoms with van der Waals surface area (Å²) in [6.45, 7) is 7.07. The molecule has 154 valence electrons. The van der Waals surface area contributed by atoms with E-state index in [1.165, 1.54) is 19.3 Å². The van der Waals surface area contributed by atoms with Crippen molar-refractivity contribution in [3.8, 4) is 0 Å². The van der Waals surface area contributed by atoms with Crippen LogP contribution in [0.5, 0.6) is 0 Å². The molecule has 28 heavy (non-hydrogen) atoms. The van der Waals surface area contributed by atoms with Gasteiger partial charge < -0.3 is 20.4 Å². The van der Waals surface area contributed by atoms with Crippen LogP contribution in [-0.2, 0) is 4.79 Å². The maximum absolute atomic E-state index is 12.2. The number of anilines is 1. The Morgan fingerprint density at radius 2 is 1.96 bits per heavy atom. The Labute approximate surface area is 168 Å². The van der Waals surface area contributed by atoms with Gasteiger partial charge in [-0.15, -0.1) is 0 Å². The quantitative estimate of drug-likeness (QED) is 0.578. The lowest BCUT2D eigenvalue weighted by Gasteiger charge is -2.37. The molecular weight excluding hydrogens is 352 g/mol. The molecule has 0 spiro atoms. The topological polar surface area (TPSA) is 72.9 Å². The van der Waals surface area contributed by atoms with E-state index in [1.54, 1.807) is 0 Å². The molecule has 2 heterocycles. The number of hydrogen-bond acceptors (Lipinski definition) is 4. The summed E-state index contributed by atoms with van der Waals surface area (Å²) in [6, 6.07) is 6.40. The highest BCUT2D eigenvalue weighted by Crippen LogP contribution is 2.17. The SMILES string of the molecule is CCNC(=NCCC(=O)NC1CCCCC1)N1CCN(c2ccccn2)CC1. The van der Waals surface area contributed by atoms with Crippen molar-refractivity contribution in [2.75, 3.05) is 44.2 Å². The lowest BCUT2D eigenvalue weighted by Crippen LogP contribution is -2.52. The third kappa shape index (κ3) is 6.11. The molecular formula is C21H34N6O. The second-order valence-electron chi connectivity index (χ2n) is 7.55. The Morgan fingerprint density at radius 1 is 1.18 bits per heavy atom. The van der Waals surface area contributed by atoms with Gasteiger partial charge in [0.2, 0.25) is 5.91 Å². The number of nitrogens with one attached hydrogen (secondary N) is 2. The maximum Gasteiger partial charge on any atom is 0.222 e. The van der Waals surface area contributed by atoms with Crippen LogP contribution in [0, 0.1) is 0 Å². The molecule has 1 aromatic heterocycles. The minimum Gasteiger partial charge on any atom is -0.357 e. The minimum atomic E-state index is 0.131. The van der Waals surface area contributed by atoms with Gasteiger partial charge in [0.1, 0.15) is 5.82 Å². The van der Waals surface area contributed by atoms with Crippen molar-refractivity contribution < 1.29 is 4.79 Å². The number of amides is 1. The molecule has 2 fully saturated rings. The maximum atomic E-state index is 12.2. The van der Waals surface area contributed by atoms with E-state index >= 15 is 0 Å². The van der Waals surface area contributed by atoms with E-state index in [9.17, 15) is 4.79 Å². The summed E-state index contributed by atoms with van der Waals surface area (Å²) < 4.78 is 0. The Hall–Kier alpha value is -2.31. The number of pyridine rings is 1. The molecule has 1 aliphatic carbocycles. The molecule has 0 radical (unpaired) electrons. The summed E-state index contributed by atoms with van der Waals surface area (Å²) in [5.74, 6) is 2.07. The van der Waals surface area contributed by atoms with Crippen LogP contribution in [0.25, 0.3) is 0 Å². The van der Waals surface area contributed by atoms with Crippen molar-refractivity contribution >= 4 is 17.7 Å². The van der Waals surface area contributed by atoms with Crippen molar-refractivity contribution in [2.24, 2.45) is 4.99 Å². The standard InChI is InChI=1S/C21H34N6O/c1-2-22-21(24-13-11-20(28)25-18-8-4-3-5-9-18)27-16-14-26(15-17-27)19-10-6-7-12-23-19/h6-7,10,12,18H,2-5,8-9,11,13-17H2,1H3,(H,22,24)(H,25,28). The summed E-state index contributed by atoms with van der Waals surface area (Å²) in [7, 11) is 0. The highest BCUT2D eigenvalue weighted by Gasteiger charge is 2.20. The van der Waals surface area contributed by atoms with E-state index in [4.69, 9.17) is 4.99 Å². The van der Waals surface area contributed by atoms with Gasteiger partial charge in [0.15, 0.2) is 5.96 Å². The first-order valence-corrected chi connectivity index (χ1v) is 10.7. The summed E-state index contributed by atoms with van der Waals surface area (Å²) in [5.41, 5.74) is 0. The number of carbonyl (C=O) groups is 1. The first kappa shape index (κ1) is 20.4.